The van der Waals surface area contributed by atoms with Crippen molar-refractivity contribution in [3.8, 4) is 5.88 Å². The van der Waals surface area contributed by atoms with E-state index < -0.39 is 6.09 Å². The lowest BCUT2D eigenvalue weighted by atomic mass is 10.2. The SMILES string of the molecule is CCCNC(=O)OCCOc1cc(N2CCOCC2)cc(NN=Cc2cccc(C)c2)n1. The van der Waals surface area contributed by atoms with Crippen LogP contribution >= 0.6 is 0 Å². The number of rotatable bonds is 10. The van der Waals surface area contributed by atoms with E-state index in [0.29, 0.717) is 31.5 Å². The fraction of sp³-hybridized carbons (Fsp3) is 0.435. The van der Waals surface area contributed by atoms with E-state index in [9.17, 15) is 4.79 Å². The number of aromatic nitrogens is 1. The number of hydrazone groups is 1. The van der Waals surface area contributed by atoms with Gasteiger partial charge in [-0.15, -0.1) is 0 Å². The van der Waals surface area contributed by atoms with Crippen LogP contribution in [0.15, 0.2) is 41.5 Å². The van der Waals surface area contributed by atoms with Gasteiger partial charge in [-0.25, -0.2) is 4.79 Å². The third kappa shape index (κ3) is 7.73. The van der Waals surface area contributed by atoms with Gasteiger partial charge in [-0.05, 0) is 18.9 Å². The van der Waals surface area contributed by atoms with Gasteiger partial charge < -0.3 is 24.4 Å². The third-order valence-corrected chi connectivity index (χ3v) is 4.68. The Morgan fingerprint density at radius 3 is 2.88 bits per heavy atom. The topological polar surface area (TPSA) is 97.3 Å². The van der Waals surface area contributed by atoms with E-state index in [2.05, 4.69) is 25.7 Å². The number of pyridine rings is 1. The molecule has 1 saturated heterocycles. The van der Waals surface area contributed by atoms with Crippen LogP contribution in [0.25, 0.3) is 0 Å². The summed E-state index contributed by atoms with van der Waals surface area (Å²) in [4.78, 5) is 18.2. The first-order valence-electron chi connectivity index (χ1n) is 10.9. The molecule has 2 heterocycles. The number of amides is 1. The molecule has 0 unspecified atom stereocenters. The maximum atomic E-state index is 11.5. The maximum Gasteiger partial charge on any atom is 0.407 e. The molecule has 1 aliphatic heterocycles. The number of aryl methyl sites for hydroxylation is 1. The molecule has 1 fully saturated rings. The van der Waals surface area contributed by atoms with E-state index in [1.54, 1.807) is 6.21 Å². The zero-order valence-electron chi connectivity index (χ0n) is 18.7. The first kappa shape index (κ1) is 23.3. The van der Waals surface area contributed by atoms with Crippen molar-refractivity contribution in [1.29, 1.82) is 0 Å². The van der Waals surface area contributed by atoms with Crippen LogP contribution in [-0.2, 0) is 9.47 Å². The number of morpholine rings is 1. The van der Waals surface area contributed by atoms with Gasteiger partial charge in [0.2, 0.25) is 5.88 Å². The number of alkyl carbamates (subject to hydrolysis) is 1. The summed E-state index contributed by atoms with van der Waals surface area (Å²) in [7, 11) is 0. The largest absolute Gasteiger partial charge is 0.474 e. The van der Waals surface area contributed by atoms with Crippen LogP contribution in [0.1, 0.15) is 24.5 Å². The normalized spacial score (nSPS) is 13.8. The van der Waals surface area contributed by atoms with Crippen LogP contribution < -0.4 is 20.4 Å². The molecule has 172 valence electrons. The van der Waals surface area contributed by atoms with Gasteiger partial charge in [-0.1, -0.05) is 36.8 Å². The van der Waals surface area contributed by atoms with Crippen molar-refractivity contribution in [3.05, 3.63) is 47.5 Å². The molecule has 1 aliphatic rings. The summed E-state index contributed by atoms with van der Waals surface area (Å²) >= 11 is 0. The summed E-state index contributed by atoms with van der Waals surface area (Å²) in [5.74, 6) is 0.995. The lowest BCUT2D eigenvalue weighted by molar-refractivity contribution is 0.122. The van der Waals surface area contributed by atoms with Crippen LogP contribution in [0.3, 0.4) is 0 Å². The molecule has 0 atom stereocenters. The van der Waals surface area contributed by atoms with E-state index >= 15 is 0 Å². The Bertz CT molecular complexity index is 900. The van der Waals surface area contributed by atoms with Crippen molar-refractivity contribution in [1.82, 2.24) is 10.3 Å². The van der Waals surface area contributed by atoms with Crippen molar-refractivity contribution >= 4 is 23.8 Å². The quantitative estimate of drug-likeness (QED) is 0.332. The maximum absolute atomic E-state index is 11.5. The van der Waals surface area contributed by atoms with Crippen molar-refractivity contribution < 1.29 is 19.0 Å². The molecule has 0 radical (unpaired) electrons. The van der Waals surface area contributed by atoms with E-state index in [-0.39, 0.29) is 13.2 Å². The van der Waals surface area contributed by atoms with Gasteiger partial charge in [-0.3, -0.25) is 5.43 Å². The van der Waals surface area contributed by atoms with Crippen molar-refractivity contribution in [2.45, 2.75) is 20.3 Å². The molecule has 0 aliphatic carbocycles. The van der Waals surface area contributed by atoms with Crippen LogP contribution in [0.2, 0.25) is 0 Å². The number of carbonyl (C=O) groups is 1. The minimum absolute atomic E-state index is 0.132. The van der Waals surface area contributed by atoms with Crippen molar-refractivity contribution in [2.24, 2.45) is 5.10 Å². The fourth-order valence-electron chi connectivity index (χ4n) is 3.11. The predicted molar refractivity (Wildman–Crippen MR) is 125 cm³/mol. The van der Waals surface area contributed by atoms with E-state index in [1.165, 1.54) is 5.56 Å². The molecule has 2 aromatic rings. The molecular weight excluding hydrogens is 410 g/mol. The van der Waals surface area contributed by atoms with E-state index in [4.69, 9.17) is 14.2 Å². The summed E-state index contributed by atoms with van der Waals surface area (Å²) in [5.41, 5.74) is 6.12. The lowest BCUT2D eigenvalue weighted by Gasteiger charge is -2.29. The van der Waals surface area contributed by atoms with Gasteiger partial charge in [0, 0.05) is 37.5 Å². The van der Waals surface area contributed by atoms with Gasteiger partial charge >= 0.3 is 6.09 Å². The summed E-state index contributed by atoms with van der Waals surface area (Å²) in [5, 5.41) is 6.97. The molecule has 0 spiro atoms. The first-order valence-corrected chi connectivity index (χ1v) is 10.9. The molecule has 9 nitrogen and oxygen atoms in total. The van der Waals surface area contributed by atoms with Gasteiger partial charge in [-0.2, -0.15) is 10.1 Å². The Hall–Kier alpha value is -3.33. The van der Waals surface area contributed by atoms with Crippen LogP contribution in [0, 0.1) is 6.92 Å². The Morgan fingerprint density at radius 1 is 1.25 bits per heavy atom. The zero-order chi connectivity index (χ0) is 22.6. The Morgan fingerprint density at radius 2 is 2.09 bits per heavy atom. The number of nitrogens with zero attached hydrogens (tertiary/aromatic N) is 3. The molecule has 3 rings (SSSR count). The standard InChI is InChI=1S/C23H31N5O4/c1-3-7-24-23(29)32-13-12-31-22-16-20(28-8-10-30-11-9-28)15-21(26-22)27-25-17-19-6-4-5-18(2)14-19/h4-6,14-17H,3,7-13H2,1-2H3,(H,24,29)(H,26,27). The number of hydrogen-bond acceptors (Lipinski definition) is 8. The fourth-order valence-corrected chi connectivity index (χ4v) is 3.11. The molecule has 9 heteroatoms. The van der Waals surface area contributed by atoms with Gasteiger partial charge in [0.05, 0.1) is 19.4 Å². The number of nitrogens with one attached hydrogen (secondary N) is 2. The van der Waals surface area contributed by atoms with Crippen molar-refractivity contribution in [3.63, 3.8) is 0 Å². The van der Waals surface area contributed by atoms with Crippen molar-refractivity contribution in [2.75, 3.05) is 56.4 Å². The molecule has 2 N–H and O–H groups in total. The average molecular weight is 442 g/mol. The van der Waals surface area contributed by atoms with E-state index in [0.717, 1.165) is 30.8 Å². The highest BCUT2D eigenvalue weighted by atomic mass is 16.6. The van der Waals surface area contributed by atoms with Crippen LogP contribution in [-0.4, -0.2) is 63.4 Å². The van der Waals surface area contributed by atoms with Gasteiger partial charge in [0.25, 0.3) is 0 Å². The second kappa shape index (κ2) is 12.5. The number of benzene rings is 1. The Kier molecular flexibility index (Phi) is 9.12. The number of carbonyl (C=O) groups excluding carboxylic acids is 1. The number of ether oxygens (including phenoxy) is 3. The minimum atomic E-state index is -0.446. The molecular formula is C23H31N5O4. The summed E-state index contributed by atoms with van der Waals surface area (Å²) < 4.78 is 16.3. The summed E-state index contributed by atoms with van der Waals surface area (Å²) in [6.45, 7) is 7.86. The summed E-state index contributed by atoms with van der Waals surface area (Å²) in [6.07, 6.45) is 2.16. The molecule has 1 aromatic carbocycles. The Labute approximate surface area is 188 Å². The predicted octanol–water partition coefficient (Wildman–Crippen LogP) is 3.19. The highest BCUT2D eigenvalue weighted by Gasteiger charge is 2.14. The van der Waals surface area contributed by atoms with Gasteiger partial charge in [0.1, 0.15) is 13.2 Å². The third-order valence-electron chi connectivity index (χ3n) is 4.68. The number of anilines is 2. The van der Waals surface area contributed by atoms with Crippen LogP contribution in [0.5, 0.6) is 5.88 Å². The molecule has 0 bridgehead atoms. The second-order valence-corrected chi connectivity index (χ2v) is 7.34. The highest BCUT2D eigenvalue weighted by molar-refractivity contribution is 5.80. The van der Waals surface area contributed by atoms with E-state index in [1.807, 2.05) is 50.2 Å². The highest BCUT2D eigenvalue weighted by Crippen LogP contribution is 2.24. The lowest BCUT2D eigenvalue weighted by Crippen LogP contribution is -2.36. The second-order valence-electron chi connectivity index (χ2n) is 7.34. The average Bonchev–Trinajstić information content (AvgIpc) is 2.81. The van der Waals surface area contributed by atoms with Crippen LogP contribution in [0.4, 0.5) is 16.3 Å². The molecule has 1 aromatic heterocycles. The zero-order valence-corrected chi connectivity index (χ0v) is 18.7. The Balaban J connectivity index is 1.63. The minimum Gasteiger partial charge on any atom is -0.474 e. The van der Waals surface area contributed by atoms with Gasteiger partial charge in [0.15, 0.2) is 5.82 Å². The smallest absolute Gasteiger partial charge is 0.407 e. The molecule has 32 heavy (non-hydrogen) atoms. The molecule has 1 amide bonds. The summed E-state index contributed by atoms with van der Waals surface area (Å²) in [6, 6.07) is 11.9. The first-order chi connectivity index (χ1) is 15.6. The monoisotopic (exact) mass is 441 g/mol. The molecule has 0 saturated carbocycles. The number of hydrogen-bond donors (Lipinski definition) is 2.